The van der Waals surface area contributed by atoms with Gasteiger partial charge in [0.05, 0.1) is 0 Å². The van der Waals surface area contributed by atoms with Crippen molar-refractivity contribution >= 4 is 0 Å². The van der Waals surface area contributed by atoms with E-state index in [4.69, 9.17) is 0 Å². The first-order chi connectivity index (χ1) is 9.49. The van der Waals surface area contributed by atoms with E-state index >= 15 is 0 Å². The van der Waals surface area contributed by atoms with Crippen molar-refractivity contribution in [2.75, 3.05) is 0 Å². The molecule has 20 heavy (non-hydrogen) atoms. The minimum Gasteiger partial charge on any atom is -0.207 e. The third-order valence-electron chi connectivity index (χ3n) is 3.44. The summed E-state index contributed by atoms with van der Waals surface area (Å²) in [4.78, 5) is 0. The molecule has 1 atom stereocenters. The van der Waals surface area contributed by atoms with E-state index in [1.165, 1.54) is 5.57 Å². The van der Waals surface area contributed by atoms with Gasteiger partial charge < -0.3 is 0 Å². The largest absolute Gasteiger partial charge is 0.207 e. The molecule has 0 aliphatic carbocycles. The highest BCUT2D eigenvalue weighted by atomic mass is 19.1. The van der Waals surface area contributed by atoms with Crippen molar-refractivity contribution in [2.24, 2.45) is 5.92 Å². The van der Waals surface area contributed by atoms with E-state index in [1.54, 1.807) is 6.08 Å². The quantitative estimate of drug-likeness (QED) is 0.433. The highest BCUT2D eigenvalue weighted by Gasteiger charge is 2.08. The molecule has 0 rings (SSSR count). The zero-order chi connectivity index (χ0) is 15.5. The van der Waals surface area contributed by atoms with Crippen molar-refractivity contribution in [3.05, 3.63) is 59.5 Å². The molecule has 0 spiro atoms. The van der Waals surface area contributed by atoms with E-state index in [-0.39, 0.29) is 5.83 Å². The average Bonchev–Trinajstić information content (AvgIpc) is 2.46. The highest BCUT2D eigenvalue weighted by molar-refractivity contribution is 5.32. The molecule has 0 heterocycles. The molecule has 0 aromatic heterocycles. The first-order valence-electron chi connectivity index (χ1n) is 7.53. The molecule has 0 radical (unpaired) electrons. The van der Waals surface area contributed by atoms with Crippen LogP contribution in [0.4, 0.5) is 4.39 Å². The van der Waals surface area contributed by atoms with Crippen molar-refractivity contribution < 1.29 is 4.39 Å². The smallest absolute Gasteiger partial charge is 0.126 e. The third kappa shape index (κ3) is 6.70. The van der Waals surface area contributed by atoms with Gasteiger partial charge in [0, 0.05) is 0 Å². The number of allylic oxidation sites excluding steroid dienone is 9. The molecule has 1 heteroatoms. The van der Waals surface area contributed by atoms with Crippen LogP contribution in [-0.4, -0.2) is 0 Å². The second-order valence-corrected chi connectivity index (χ2v) is 5.02. The van der Waals surface area contributed by atoms with Crippen molar-refractivity contribution in [1.29, 1.82) is 0 Å². The third-order valence-corrected chi connectivity index (χ3v) is 3.44. The average molecular weight is 276 g/mol. The Balaban J connectivity index is 4.90. The Morgan fingerprint density at radius 2 is 1.85 bits per heavy atom. The second kappa shape index (κ2) is 10.4. The summed E-state index contributed by atoms with van der Waals surface area (Å²) < 4.78 is 13.9. The Hall–Kier alpha value is -1.37. The first-order valence-corrected chi connectivity index (χ1v) is 7.53. The summed E-state index contributed by atoms with van der Waals surface area (Å²) in [5, 5.41) is 0. The molecule has 0 aliphatic rings. The Morgan fingerprint density at radius 1 is 1.20 bits per heavy atom. The van der Waals surface area contributed by atoms with E-state index in [0.717, 1.165) is 18.4 Å². The van der Waals surface area contributed by atoms with Gasteiger partial charge in [-0.2, -0.15) is 0 Å². The fourth-order valence-electron chi connectivity index (χ4n) is 1.96. The zero-order valence-electron chi connectivity index (χ0n) is 13.7. The molecule has 0 unspecified atom stereocenters. The summed E-state index contributed by atoms with van der Waals surface area (Å²) in [7, 11) is 0. The van der Waals surface area contributed by atoms with Gasteiger partial charge in [0.15, 0.2) is 0 Å². The maximum atomic E-state index is 13.9. The number of hydrogen-bond acceptors (Lipinski definition) is 0. The SMILES string of the molecule is C=C(CC)/C(F)=C\C(=C/C)C[C@H](C)C(/C=C\CC)=C/C. The Bertz CT molecular complexity index is 419. The van der Waals surface area contributed by atoms with Crippen LogP contribution >= 0.6 is 0 Å². The van der Waals surface area contributed by atoms with Gasteiger partial charge in [0.2, 0.25) is 0 Å². The van der Waals surface area contributed by atoms with E-state index in [0.29, 0.717) is 17.9 Å². The molecule has 0 bridgehead atoms. The number of hydrogen-bond donors (Lipinski definition) is 0. The van der Waals surface area contributed by atoms with Gasteiger partial charge in [-0.15, -0.1) is 0 Å². The van der Waals surface area contributed by atoms with Crippen molar-refractivity contribution in [2.45, 2.75) is 53.9 Å². The van der Waals surface area contributed by atoms with Crippen LogP contribution in [0.15, 0.2) is 59.5 Å². The van der Waals surface area contributed by atoms with Gasteiger partial charge in [0.1, 0.15) is 5.83 Å². The van der Waals surface area contributed by atoms with Crippen LogP contribution in [0, 0.1) is 5.92 Å². The topological polar surface area (TPSA) is 0 Å². The maximum Gasteiger partial charge on any atom is 0.126 e. The second-order valence-electron chi connectivity index (χ2n) is 5.02. The van der Waals surface area contributed by atoms with Crippen LogP contribution in [-0.2, 0) is 0 Å². The van der Waals surface area contributed by atoms with Crippen LogP contribution in [0.5, 0.6) is 0 Å². The molecule has 0 aromatic rings. The molecule has 0 nitrogen and oxygen atoms in total. The molecule has 0 fully saturated rings. The van der Waals surface area contributed by atoms with Gasteiger partial charge in [-0.05, 0) is 61.8 Å². The van der Waals surface area contributed by atoms with Crippen LogP contribution in [0.3, 0.4) is 0 Å². The van der Waals surface area contributed by atoms with E-state index < -0.39 is 0 Å². The monoisotopic (exact) mass is 276 g/mol. The highest BCUT2D eigenvalue weighted by Crippen LogP contribution is 2.24. The molecule has 0 N–H and O–H groups in total. The summed E-state index contributed by atoms with van der Waals surface area (Å²) >= 11 is 0. The fraction of sp³-hybridized carbons (Fsp3) is 0.474. The fourth-order valence-corrected chi connectivity index (χ4v) is 1.96. The Labute approximate surface area is 124 Å². The van der Waals surface area contributed by atoms with E-state index in [9.17, 15) is 4.39 Å². The molecular weight excluding hydrogens is 247 g/mol. The summed E-state index contributed by atoms with van der Waals surface area (Å²) in [6.07, 6.45) is 12.6. The maximum absolute atomic E-state index is 13.9. The first kappa shape index (κ1) is 18.6. The minimum atomic E-state index is -0.195. The molecule has 0 amide bonds. The van der Waals surface area contributed by atoms with E-state index in [2.05, 4.69) is 45.6 Å². The molecule has 0 saturated heterocycles. The lowest BCUT2D eigenvalue weighted by Gasteiger charge is -2.14. The van der Waals surface area contributed by atoms with Gasteiger partial charge in [-0.1, -0.05) is 51.7 Å². The molecule has 0 aromatic carbocycles. The lowest BCUT2D eigenvalue weighted by molar-refractivity contribution is 0.636. The van der Waals surface area contributed by atoms with Crippen LogP contribution in [0.25, 0.3) is 0 Å². The van der Waals surface area contributed by atoms with Gasteiger partial charge in [-0.3, -0.25) is 0 Å². The molecule has 0 saturated carbocycles. The van der Waals surface area contributed by atoms with Crippen molar-refractivity contribution in [3.8, 4) is 0 Å². The summed E-state index contributed by atoms with van der Waals surface area (Å²) in [5.74, 6) is 0.187. The van der Waals surface area contributed by atoms with E-state index in [1.807, 2.05) is 19.9 Å². The lowest BCUT2D eigenvalue weighted by atomic mass is 9.92. The zero-order valence-corrected chi connectivity index (χ0v) is 13.7. The standard InChI is InChI=1S/C19H29F/c1-7-11-12-18(10-4)16(6)13-17(9-3)14-19(20)15(5)8-2/h9-12,14,16H,5,7-8,13H2,1-4,6H3/b12-11-,17-9-,18-10+,19-14+/t16-/m0/s1. The predicted molar refractivity (Wildman–Crippen MR) is 89.3 cm³/mol. The predicted octanol–water partition coefficient (Wildman–Crippen LogP) is 6.69. The van der Waals surface area contributed by atoms with Crippen molar-refractivity contribution in [1.82, 2.24) is 0 Å². The van der Waals surface area contributed by atoms with Crippen LogP contribution < -0.4 is 0 Å². The lowest BCUT2D eigenvalue weighted by Crippen LogP contribution is -1.99. The molecular formula is C19H29F. The normalized spacial score (nSPS) is 15.8. The molecule has 0 aliphatic heterocycles. The summed E-state index contributed by atoms with van der Waals surface area (Å²) in [6.45, 7) is 14.0. The summed E-state index contributed by atoms with van der Waals surface area (Å²) in [5.41, 5.74) is 2.89. The Morgan fingerprint density at radius 3 is 2.30 bits per heavy atom. The summed E-state index contributed by atoms with van der Waals surface area (Å²) in [6, 6.07) is 0. The van der Waals surface area contributed by atoms with Gasteiger partial charge in [0.25, 0.3) is 0 Å². The van der Waals surface area contributed by atoms with Crippen LogP contribution in [0.1, 0.15) is 53.9 Å². The molecule has 112 valence electrons. The van der Waals surface area contributed by atoms with Gasteiger partial charge in [-0.25, -0.2) is 4.39 Å². The van der Waals surface area contributed by atoms with Crippen molar-refractivity contribution in [3.63, 3.8) is 0 Å². The minimum absolute atomic E-state index is 0.195. The van der Waals surface area contributed by atoms with Crippen LogP contribution in [0.2, 0.25) is 0 Å². The number of rotatable bonds is 8. The van der Waals surface area contributed by atoms with Gasteiger partial charge >= 0.3 is 0 Å². The number of halogens is 1. The Kier molecular flexibility index (Phi) is 9.71.